The second kappa shape index (κ2) is 17.8. The molecule has 6 heterocycles. The number of fused-ring (bicyclic) bond motifs is 2. The number of hydrogen-bond acceptors (Lipinski definition) is 12. The molecule has 0 aliphatic carbocycles. The molecule has 6 N–H and O–H groups in total. The lowest BCUT2D eigenvalue weighted by atomic mass is 10.1. The maximum Gasteiger partial charge on any atom is 0.416 e. The Bertz CT molecular complexity index is 2930. The van der Waals surface area contributed by atoms with E-state index in [4.69, 9.17) is 16.5 Å². The Hall–Kier alpha value is -6.79. The number of aliphatic hydroxyl groups is 1. The molecule has 308 valence electrons. The zero-order valence-corrected chi connectivity index (χ0v) is 34.0. The molecule has 0 saturated carbocycles. The molecule has 1 unspecified atom stereocenters. The minimum atomic E-state index is -4.49. The number of alkyl halides is 3. The second-order valence-electron chi connectivity index (χ2n) is 13.8. The van der Waals surface area contributed by atoms with Gasteiger partial charge in [-0.15, -0.1) is 29.3 Å². The molecule has 0 bridgehead atoms. The van der Waals surface area contributed by atoms with Crippen molar-refractivity contribution in [3.8, 4) is 43.7 Å². The highest BCUT2D eigenvalue weighted by molar-refractivity contribution is 7.22. The standard InChI is InChI=1S/C24H18F3N5OS.C20H20N6S/c25-24(26,27)16-8-4-7-15(9-16)18(33)11-32-13-31-20(14-5-2-1-3-6-14)21(32)19-10-17-22(28)29-12-30-23(17)34-19;1-2-8-22-9-10-26-13-25-17(14-6-4-3-5-7-14)18(26)16-11-15-19(21)23-12-24-20(15)27-16/h1-10,12-13,18,33H,11H2,(H2,28,29,30);2-7,11-13,22H,1,8-10H2,(H2,21,23,24). The summed E-state index contributed by atoms with van der Waals surface area (Å²) in [6.07, 6.45) is 2.56. The van der Waals surface area contributed by atoms with Crippen LogP contribution in [-0.4, -0.2) is 57.2 Å². The third-order valence-corrected chi connectivity index (χ3v) is 11.8. The van der Waals surface area contributed by atoms with Gasteiger partial charge in [0.1, 0.15) is 34.0 Å². The van der Waals surface area contributed by atoms with Crippen LogP contribution in [0.15, 0.2) is 135 Å². The SMILES string of the molecule is C=CCNCCn1cnc(-c2ccccc2)c1-c1cc2c(N)ncnc2s1.Nc1ncnc2sc(-c3c(-c4ccccc4)ncn3CC(O)c3cccc(C(F)(F)F)c3)cc12. The molecule has 3 aromatic carbocycles. The van der Waals surface area contributed by atoms with Gasteiger partial charge in [-0.1, -0.05) is 78.9 Å². The number of hydrogen-bond donors (Lipinski definition) is 4. The van der Waals surface area contributed by atoms with Crippen LogP contribution in [0.3, 0.4) is 0 Å². The topological polar surface area (TPSA) is 171 Å². The third kappa shape index (κ3) is 8.90. The van der Waals surface area contributed by atoms with Gasteiger partial charge in [-0.3, -0.25) is 0 Å². The molecular weight excluding hydrogens is 820 g/mol. The molecule has 12 nitrogen and oxygen atoms in total. The minimum Gasteiger partial charge on any atom is -0.387 e. The van der Waals surface area contributed by atoms with Crippen LogP contribution < -0.4 is 16.8 Å². The van der Waals surface area contributed by atoms with Gasteiger partial charge in [-0.2, -0.15) is 13.2 Å². The summed E-state index contributed by atoms with van der Waals surface area (Å²) in [7, 11) is 0. The average Bonchev–Trinajstić information content (AvgIpc) is 4.08. The number of aromatic nitrogens is 8. The zero-order chi connectivity index (χ0) is 42.5. The Morgan fingerprint density at radius 2 is 1.25 bits per heavy atom. The molecule has 0 saturated heterocycles. The van der Waals surface area contributed by atoms with E-state index in [0.29, 0.717) is 33.2 Å². The summed E-state index contributed by atoms with van der Waals surface area (Å²) in [4.78, 5) is 29.5. The Labute approximate surface area is 355 Å². The number of anilines is 2. The van der Waals surface area contributed by atoms with Crippen molar-refractivity contribution >= 4 is 54.7 Å². The molecule has 9 rings (SSSR count). The highest BCUT2D eigenvalue weighted by atomic mass is 32.1. The smallest absolute Gasteiger partial charge is 0.387 e. The summed E-state index contributed by atoms with van der Waals surface area (Å²) >= 11 is 3.01. The van der Waals surface area contributed by atoms with Gasteiger partial charge in [-0.05, 0) is 29.8 Å². The third-order valence-electron chi connectivity index (χ3n) is 9.74. The van der Waals surface area contributed by atoms with Crippen LogP contribution in [0, 0.1) is 0 Å². The van der Waals surface area contributed by atoms with Gasteiger partial charge in [0.05, 0.1) is 74.2 Å². The lowest BCUT2D eigenvalue weighted by molar-refractivity contribution is -0.137. The summed E-state index contributed by atoms with van der Waals surface area (Å²) < 4.78 is 43.4. The molecular formula is C44H38F3N11OS2. The fraction of sp³-hybridized carbons (Fsp3) is 0.136. The number of nitrogens with two attached hydrogens (primary N) is 2. The van der Waals surface area contributed by atoms with Crippen LogP contribution >= 0.6 is 22.7 Å². The largest absolute Gasteiger partial charge is 0.416 e. The average molecular weight is 858 g/mol. The predicted molar refractivity (Wildman–Crippen MR) is 236 cm³/mol. The molecule has 0 aliphatic rings. The number of benzene rings is 3. The lowest BCUT2D eigenvalue weighted by Gasteiger charge is -2.16. The summed E-state index contributed by atoms with van der Waals surface area (Å²) in [6.45, 7) is 6.16. The zero-order valence-electron chi connectivity index (χ0n) is 32.4. The maximum atomic E-state index is 13.2. The van der Waals surface area contributed by atoms with Gasteiger partial charge in [0, 0.05) is 30.8 Å². The van der Waals surface area contributed by atoms with Crippen LogP contribution in [-0.2, 0) is 19.3 Å². The van der Waals surface area contributed by atoms with E-state index in [0.717, 1.165) is 74.3 Å². The first-order valence-electron chi connectivity index (χ1n) is 19.0. The molecule has 61 heavy (non-hydrogen) atoms. The number of nitrogens with one attached hydrogen (secondary N) is 1. The lowest BCUT2D eigenvalue weighted by Crippen LogP contribution is -2.19. The van der Waals surface area contributed by atoms with Crippen LogP contribution in [0.5, 0.6) is 0 Å². The fourth-order valence-electron chi connectivity index (χ4n) is 6.80. The Morgan fingerprint density at radius 3 is 1.77 bits per heavy atom. The molecule has 0 radical (unpaired) electrons. The van der Waals surface area contributed by atoms with Crippen molar-refractivity contribution in [2.24, 2.45) is 0 Å². The fourth-order valence-corrected chi connectivity index (χ4v) is 8.94. The number of rotatable bonds is 12. The van der Waals surface area contributed by atoms with Crippen LogP contribution in [0.25, 0.3) is 64.1 Å². The van der Waals surface area contributed by atoms with E-state index in [1.807, 2.05) is 67.0 Å². The highest BCUT2D eigenvalue weighted by Crippen LogP contribution is 2.41. The molecule has 9 aromatic rings. The van der Waals surface area contributed by atoms with Crippen molar-refractivity contribution in [3.63, 3.8) is 0 Å². The monoisotopic (exact) mass is 857 g/mol. The molecule has 6 aromatic heterocycles. The first kappa shape index (κ1) is 41.0. The first-order chi connectivity index (χ1) is 29.6. The number of halogens is 3. The van der Waals surface area contributed by atoms with Gasteiger partial charge in [0.25, 0.3) is 0 Å². The van der Waals surface area contributed by atoms with Crippen molar-refractivity contribution in [2.45, 2.75) is 25.4 Å². The van der Waals surface area contributed by atoms with Gasteiger partial charge in [0.15, 0.2) is 0 Å². The van der Waals surface area contributed by atoms with E-state index >= 15 is 0 Å². The van der Waals surface area contributed by atoms with Gasteiger partial charge in [-0.25, -0.2) is 29.9 Å². The van der Waals surface area contributed by atoms with Crippen molar-refractivity contribution in [1.82, 2.24) is 44.4 Å². The second-order valence-corrected chi connectivity index (χ2v) is 15.8. The van der Waals surface area contributed by atoms with Crippen molar-refractivity contribution in [2.75, 3.05) is 24.6 Å². The van der Waals surface area contributed by atoms with E-state index in [1.165, 1.54) is 36.1 Å². The Kier molecular flexibility index (Phi) is 12.0. The van der Waals surface area contributed by atoms with Gasteiger partial charge >= 0.3 is 6.18 Å². The van der Waals surface area contributed by atoms with Crippen molar-refractivity contribution in [3.05, 3.63) is 146 Å². The van der Waals surface area contributed by atoms with E-state index < -0.39 is 17.8 Å². The molecule has 0 aliphatic heterocycles. The molecule has 1 atom stereocenters. The number of imidazole rings is 2. The van der Waals surface area contributed by atoms with Crippen molar-refractivity contribution in [1.29, 1.82) is 0 Å². The number of thiophene rings is 2. The van der Waals surface area contributed by atoms with Gasteiger partial charge in [0.2, 0.25) is 0 Å². The van der Waals surface area contributed by atoms with E-state index in [1.54, 1.807) is 22.2 Å². The summed E-state index contributed by atoms with van der Waals surface area (Å²) in [5, 5.41) is 15.8. The number of nitrogen functional groups attached to an aromatic ring is 2. The summed E-state index contributed by atoms with van der Waals surface area (Å²) in [5.41, 5.74) is 16.8. The molecule has 0 amide bonds. The van der Waals surface area contributed by atoms with Crippen molar-refractivity contribution < 1.29 is 18.3 Å². The van der Waals surface area contributed by atoms with Gasteiger partial charge < -0.3 is 31.0 Å². The number of nitrogens with zero attached hydrogens (tertiary/aromatic N) is 8. The Morgan fingerprint density at radius 1 is 0.705 bits per heavy atom. The first-order valence-corrected chi connectivity index (χ1v) is 20.6. The Balaban J connectivity index is 0.000000173. The van der Waals surface area contributed by atoms with E-state index in [9.17, 15) is 18.3 Å². The molecule has 0 fully saturated rings. The van der Waals surface area contributed by atoms with Crippen LogP contribution in [0.4, 0.5) is 24.8 Å². The quantitative estimate of drug-likeness (QED) is 0.0686. The predicted octanol–water partition coefficient (Wildman–Crippen LogP) is 9.14. The highest BCUT2D eigenvalue weighted by Gasteiger charge is 2.31. The van der Waals surface area contributed by atoms with E-state index in [2.05, 4.69) is 59.6 Å². The maximum absolute atomic E-state index is 13.2. The van der Waals surface area contributed by atoms with Crippen LogP contribution in [0.1, 0.15) is 17.2 Å². The summed E-state index contributed by atoms with van der Waals surface area (Å²) in [6, 6.07) is 28.4. The van der Waals surface area contributed by atoms with E-state index in [-0.39, 0.29) is 12.1 Å². The minimum absolute atomic E-state index is 0.00584. The number of aliphatic hydroxyl groups excluding tert-OH is 1. The normalized spacial score (nSPS) is 12.1. The van der Waals surface area contributed by atoms with Crippen LogP contribution in [0.2, 0.25) is 0 Å². The molecule has 17 heteroatoms. The summed E-state index contributed by atoms with van der Waals surface area (Å²) in [5.74, 6) is 0.853. The molecule has 0 spiro atoms.